The van der Waals surface area contributed by atoms with Gasteiger partial charge in [-0.1, -0.05) is 30.3 Å². The lowest BCUT2D eigenvalue weighted by atomic mass is 9.73. The van der Waals surface area contributed by atoms with Gasteiger partial charge in [-0.05, 0) is 24.1 Å². The molecular weight excluding hydrogens is 427 g/mol. The van der Waals surface area contributed by atoms with Gasteiger partial charge >= 0.3 is 12.1 Å². The maximum atomic E-state index is 13.0. The number of halogens is 3. The number of amides is 2. The van der Waals surface area contributed by atoms with Gasteiger partial charge in [0.15, 0.2) is 0 Å². The maximum absolute atomic E-state index is 13.0. The quantitative estimate of drug-likeness (QED) is 0.762. The number of alkyl halides is 3. The first-order chi connectivity index (χ1) is 15.1. The van der Waals surface area contributed by atoms with Crippen molar-refractivity contribution in [1.29, 1.82) is 0 Å². The molecule has 2 fully saturated rings. The van der Waals surface area contributed by atoms with E-state index in [2.05, 4.69) is 17.1 Å². The second-order valence-electron chi connectivity index (χ2n) is 7.82. The van der Waals surface area contributed by atoms with Crippen LogP contribution in [0, 0.1) is 5.41 Å². The molecule has 7 nitrogen and oxygen atoms in total. The Morgan fingerprint density at radius 1 is 1.12 bits per heavy atom. The molecule has 0 bridgehead atoms. The van der Waals surface area contributed by atoms with E-state index in [-0.39, 0.29) is 17.7 Å². The van der Waals surface area contributed by atoms with Gasteiger partial charge in [-0.25, -0.2) is 4.79 Å². The van der Waals surface area contributed by atoms with E-state index in [0.717, 1.165) is 18.5 Å². The van der Waals surface area contributed by atoms with E-state index in [4.69, 9.17) is 9.90 Å². The molecule has 170 valence electrons. The third-order valence-corrected chi connectivity index (χ3v) is 5.87. The molecule has 0 aliphatic carbocycles. The van der Waals surface area contributed by atoms with Crippen LogP contribution in [0.5, 0.6) is 0 Å². The minimum Gasteiger partial charge on any atom is -0.475 e. The number of nitrogens with zero attached hydrogens (tertiary/aromatic N) is 3. The second kappa shape index (κ2) is 8.97. The standard InChI is InChI=1S/C20H21N3O2.C2HF3O2/c1-22-12-9-20(19(22)25)14-23(18(24)16-7-10-21-11-8-16)13-17(20)15-5-3-2-4-6-15;3-2(4,5)1(6)7/h2-8,10-11,17H,9,12-14H2,1H3;(H,6,7)/t17-,20+;/m0./s1. The fraction of sp³-hybridized carbons (Fsp3) is 0.364. The Morgan fingerprint density at radius 3 is 2.22 bits per heavy atom. The molecule has 10 heteroatoms. The minimum atomic E-state index is -5.08. The molecule has 2 aromatic rings. The van der Waals surface area contributed by atoms with Crippen LogP contribution in [0.4, 0.5) is 13.2 Å². The summed E-state index contributed by atoms with van der Waals surface area (Å²) in [6.45, 7) is 1.81. The number of aliphatic carboxylic acids is 1. The van der Waals surface area contributed by atoms with Crippen LogP contribution in [0.25, 0.3) is 0 Å². The topological polar surface area (TPSA) is 90.8 Å². The largest absolute Gasteiger partial charge is 0.490 e. The summed E-state index contributed by atoms with van der Waals surface area (Å²) in [5.41, 5.74) is 1.26. The predicted octanol–water partition coefficient (Wildman–Crippen LogP) is 2.80. The molecular formula is C22H22F3N3O4. The highest BCUT2D eigenvalue weighted by atomic mass is 19.4. The van der Waals surface area contributed by atoms with Crippen LogP contribution in [-0.2, 0) is 9.59 Å². The van der Waals surface area contributed by atoms with Crippen LogP contribution in [0.1, 0.15) is 28.3 Å². The van der Waals surface area contributed by atoms with Crippen LogP contribution in [0.2, 0.25) is 0 Å². The summed E-state index contributed by atoms with van der Waals surface area (Å²) >= 11 is 0. The van der Waals surface area contributed by atoms with E-state index in [1.165, 1.54) is 0 Å². The summed E-state index contributed by atoms with van der Waals surface area (Å²) in [5.74, 6) is -2.58. The molecule has 2 aliphatic rings. The number of hydrogen-bond donors (Lipinski definition) is 1. The van der Waals surface area contributed by atoms with Crippen LogP contribution in [-0.4, -0.2) is 70.5 Å². The summed E-state index contributed by atoms with van der Waals surface area (Å²) in [6.07, 6.45) is -1.04. The van der Waals surface area contributed by atoms with Gasteiger partial charge in [0.2, 0.25) is 5.91 Å². The number of likely N-dealkylation sites (tertiary alicyclic amines) is 2. The lowest BCUT2D eigenvalue weighted by Gasteiger charge is -2.28. The molecule has 1 aromatic heterocycles. The van der Waals surface area contributed by atoms with Gasteiger partial charge < -0.3 is 14.9 Å². The number of pyridine rings is 1. The lowest BCUT2D eigenvalue weighted by Crippen LogP contribution is -2.39. The first-order valence-electron chi connectivity index (χ1n) is 9.86. The van der Waals surface area contributed by atoms with Crippen molar-refractivity contribution < 1.29 is 32.7 Å². The third-order valence-electron chi connectivity index (χ3n) is 5.87. The highest BCUT2D eigenvalue weighted by Crippen LogP contribution is 2.49. The van der Waals surface area contributed by atoms with Gasteiger partial charge in [-0.2, -0.15) is 13.2 Å². The number of carbonyl (C=O) groups excluding carboxylic acids is 2. The van der Waals surface area contributed by atoms with Gasteiger partial charge in [0, 0.05) is 50.6 Å². The Kier molecular flexibility index (Phi) is 6.52. The molecule has 1 N–H and O–H groups in total. The van der Waals surface area contributed by atoms with Gasteiger partial charge in [-0.15, -0.1) is 0 Å². The second-order valence-corrected chi connectivity index (χ2v) is 7.82. The Bertz CT molecular complexity index is 985. The molecule has 2 atom stereocenters. The number of aromatic nitrogens is 1. The molecule has 0 unspecified atom stereocenters. The summed E-state index contributed by atoms with van der Waals surface area (Å²) < 4.78 is 31.7. The normalized spacial score (nSPS) is 22.6. The van der Waals surface area contributed by atoms with E-state index in [9.17, 15) is 22.8 Å². The molecule has 2 saturated heterocycles. The molecule has 1 spiro atoms. The first kappa shape index (κ1) is 23.2. The van der Waals surface area contributed by atoms with Gasteiger partial charge in [0.1, 0.15) is 0 Å². The minimum absolute atomic E-state index is 0.0254. The Balaban J connectivity index is 0.000000360. The number of benzene rings is 1. The van der Waals surface area contributed by atoms with Crippen LogP contribution in [0.3, 0.4) is 0 Å². The lowest BCUT2D eigenvalue weighted by molar-refractivity contribution is -0.192. The highest BCUT2D eigenvalue weighted by molar-refractivity contribution is 5.96. The van der Waals surface area contributed by atoms with Gasteiger partial charge in [0.05, 0.1) is 5.41 Å². The van der Waals surface area contributed by atoms with Crippen molar-refractivity contribution in [3.63, 3.8) is 0 Å². The Morgan fingerprint density at radius 2 is 1.72 bits per heavy atom. The number of carbonyl (C=O) groups is 3. The Hall–Kier alpha value is -3.43. The van der Waals surface area contributed by atoms with Crippen molar-refractivity contribution in [3.8, 4) is 0 Å². The van der Waals surface area contributed by atoms with Crippen molar-refractivity contribution in [1.82, 2.24) is 14.8 Å². The summed E-state index contributed by atoms with van der Waals surface area (Å²) in [4.78, 5) is 42.4. The van der Waals surface area contributed by atoms with Crippen molar-refractivity contribution in [3.05, 3.63) is 66.0 Å². The smallest absolute Gasteiger partial charge is 0.475 e. The summed E-state index contributed by atoms with van der Waals surface area (Å²) in [7, 11) is 1.85. The van der Waals surface area contributed by atoms with Gasteiger partial charge in [0.25, 0.3) is 5.91 Å². The number of carboxylic acid groups (broad SMARTS) is 1. The van der Waals surface area contributed by atoms with Crippen molar-refractivity contribution >= 4 is 17.8 Å². The first-order valence-corrected chi connectivity index (χ1v) is 9.86. The van der Waals surface area contributed by atoms with Crippen LogP contribution >= 0.6 is 0 Å². The van der Waals surface area contributed by atoms with Crippen molar-refractivity contribution in [2.45, 2.75) is 18.5 Å². The highest BCUT2D eigenvalue weighted by Gasteiger charge is 2.57. The summed E-state index contributed by atoms with van der Waals surface area (Å²) in [6, 6.07) is 13.6. The zero-order valence-corrected chi connectivity index (χ0v) is 17.2. The molecule has 2 amide bonds. The van der Waals surface area contributed by atoms with E-state index >= 15 is 0 Å². The van der Waals surface area contributed by atoms with E-state index in [0.29, 0.717) is 18.7 Å². The molecule has 0 saturated carbocycles. The monoisotopic (exact) mass is 449 g/mol. The van der Waals surface area contributed by atoms with E-state index < -0.39 is 17.6 Å². The predicted molar refractivity (Wildman–Crippen MR) is 108 cm³/mol. The van der Waals surface area contributed by atoms with Crippen LogP contribution in [0.15, 0.2) is 54.9 Å². The van der Waals surface area contributed by atoms with Crippen molar-refractivity contribution in [2.75, 3.05) is 26.7 Å². The SMILES string of the molecule is CN1CC[C@]2(CN(C(=O)c3ccncc3)C[C@H]2c2ccccc2)C1=O.O=C(O)C(F)(F)F. The Labute approximate surface area is 182 Å². The fourth-order valence-corrected chi connectivity index (χ4v) is 4.28. The molecule has 32 heavy (non-hydrogen) atoms. The average Bonchev–Trinajstić information content (AvgIpc) is 3.30. The fourth-order valence-electron chi connectivity index (χ4n) is 4.28. The molecule has 0 radical (unpaired) electrons. The zero-order chi connectivity index (χ0) is 23.5. The molecule has 2 aliphatic heterocycles. The zero-order valence-electron chi connectivity index (χ0n) is 17.2. The van der Waals surface area contributed by atoms with E-state index in [1.54, 1.807) is 29.4 Å². The number of carboxylic acids is 1. The van der Waals surface area contributed by atoms with Crippen LogP contribution < -0.4 is 0 Å². The average molecular weight is 449 g/mol. The van der Waals surface area contributed by atoms with E-state index in [1.807, 2.05) is 30.1 Å². The van der Waals surface area contributed by atoms with Gasteiger partial charge in [-0.3, -0.25) is 14.6 Å². The molecule has 1 aromatic carbocycles. The molecule has 4 rings (SSSR count). The number of rotatable bonds is 2. The summed E-state index contributed by atoms with van der Waals surface area (Å²) in [5, 5.41) is 7.12. The number of hydrogen-bond acceptors (Lipinski definition) is 4. The van der Waals surface area contributed by atoms with Crippen molar-refractivity contribution in [2.24, 2.45) is 5.41 Å². The third kappa shape index (κ3) is 4.58. The maximum Gasteiger partial charge on any atom is 0.490 e. The molecule has 3 heterocycles.